The summed E-state index contributed by atoms with van der Waals surface area (Å²) < 4.78 is 56.1. The molecule has 3 aromatic rings. The number of halogens is 4. The second kappa shape index (κ2) is 8.04. The molecule has 33 heavy (non-hydrogen) atoms. The van der Waals surface area contributed by atoms with Crippen LogP contribution < -0.4 is 20.7 Å². The predicted octanol–water partition coefficient (Wildman–Crippen LogP) is 3.99. The molecule has 0 aliphatic carbocycles. The van der Waals surface area contributed by atoms with Gasteiger partial charge in [0.05, 0.1) is 16.9 Å². The number of alkyl halides is 2. The van der Waals surface area contributed by atoms with Gasteiger partial charge in [-0.3, -0.25) is 14.5 Å². The molecular formula is C23H18F4N4O2. The SMILES string of the molecule is O=C1c2cc(F)c(F)cc2N2CN1c1ccc(=O)[nH]c1CCNCc1c(C(F)F)cccc12. The van der Waals surface area contributed by atoms with Crippen LogP contribution in [0.15, 0.2) is 47.3 Å². The summed E-state index contributed by atoms with van der Waals surface area (Å²) in [4.78, 5) is 30.9. The molecule has 3 heterocycles. The Morgan fingerprint density at radius 3 is 2.48 bits per heavy atom. The van der Waals surface area contributed by atoms with Gasteiger partial charge in [-0.25, -0.2) is 17.6 Å². The lowest BCUT2D eigenvalue weighted by Gasteiger charge is -2.39. The van der Waals surface area contributed by atoms with Gasteiger partial charge in [-0.2, -0.15) is 0 Å². The number of pyridine rings is 1. The Hall–Kier alpha value is -3.66. The lowest BCUT2D eigenvalue weighted by atomic mass is 10.0. The van der Waals surface area contributed by atoms with Crippen LogP contribution in [0.4, 0.5) is 34.6 Å². The summed E-state index contributed by atoms with van der Waals surface area (Å²) in [6.07, 6.45) is -2.45. The molecule has 2 bridgehead atoms. The molecule has 5 rings (SSSR count). The fourth-order valence-electron chi connectivity index (χ4n) is 4.37. The molecule has 0 saturated heterocycles. The molecule has 2 aliphatic heterocycles. The van der Waals surface area contributed by atoms with Crippen LogP contribution in [0.3, 0.4) is 0 Å². The van der Waals surface area contributed by atoms with Crippen molar-refractivity contribution in [2.75, 3.05) is 23.0 Å². The van der Waals surface area contributed by atoms with Crippen molar-refractivity contribution in [1.29, 1.82) is 0 Å². The Bertz CT molecular complexity index is 1320. The van der Waals surface area contributed by atoms with E-state index in [0.29, 0.717) is 30.0 Å². The Morgan fingerprint density at radius 1 is 0.909 bits per heavy atom. The summed E-state index contributed by atoms with van der Waals surface area (Å²) in [6, 6.07) is 8.86. The summed E-state index contributed by atoms with van der Waals surface area (Å²) in [6.45, 7) is 0.267. The normalized spacial score (nSPS) is 15.6. The van der Waals surface area contributed by atoms with Gasteiger partial charge in [0.1, 0.15) is 6.67 Å². The number of H-pyrrole nitrogens is 1. The second-order valence-electron chi connectivity index (χ2n) is 7.84. The molecule has 1 amide bonds. The van der Waals surface area contributed by atoms with E-state index in [4.69, 9.17) is 0 Å². The minimum Gasteiger partial charge on any atom is -0.324 e. The zero-order chi connectivity index (χ0) is 23.3. The first kappa shape index (κ1) is 21.2. The molecule has 170 valence electrons. The maximum atomic E-state index is 14.2. The highest BCUT2D eigenvalue weighted by Gasteiger charge is 2.35. The van der Waals surface area contributed by atoms with Gasteiger partial charge in [0.15, 0.2) is 11.6 Å². The molecule has 0 spiro atoms. The van der Waals surface area contributed by atoms with Crippen LogP contribution in [0, 0.1) is 11.6 Å². The number of hydrogen-bond donors (Lipinski definition) is 2. The summed E-state index contributed by atoms with van der Waals surface area (Å²) in [5.74, 6) is -2.94. The third-order valence-corrected chi connectivity index (χ3v) is 5.92. The molecule has 0 fully saturated rings. The Labute approximate surface area is 185 Å². The third kappa shape index (κ3) is 3.56. The van der Waals surface area contributed by atoms with Crippen LogP contribution in [0.5, 0.6) is 0 Å². The van der Waals surface area contributed by atoms with E-state index in [2.05, 4.69) is 10.3 Å². The fourth-order valence-corrected chi connectivity index (χ4v) is 4.37. The molecule has 0 unspecified atom stereocenters. The van der Waals surface area contributed by atoms with Crippen LogP contribution in [-0.4, -0.2) is 24.1 Å². The molecule has 2 aliphatic rings. The van der Waals surface area contributed by atoms with Crippen molar-refractivity contribution >= 4 is 23.0 Å². The number of fused-ring (bicyclic) bond motifs is 8. The number of amides is 1. The average molecular weight is 458 g/mol. The fraction of sp³-hybridized carbons (Fsp3) is 0.217. The maximum Gasteiger partial charge on any atom is 0.264 e. The molecule has 0 atom stereocenters. The average Bonchev–Trinajstić information content (AvgIpc) is 2.81. The molecule has 0 radical (unpaired) electrons. The molecule has 2 aromatic carbocycles. The minimum atomic E-state index is -2.76. The van der Waals surface area contributed by atoms with Crippen molar-refractivity contribution < 1.29 is 22.4 Å². The molecule has 10 heteroatoms. The summed E-state index contributed by atoms with van der Waals surface area (Å²) in [7, 11) is 0. The van der Waals surface area contributed by atoms with Gasteiger partial charge in [0.2, 0.25) is 5.56 Å². The van der Waals surface area contributed by atoms with Gasteiger partial charge < -0.3 is 15.2 Å². The second-order valence-corrected chi connectivity index (χ2v) is 7.84. The van der Waals surface area contributed by atoms with E-state index in [9.17, 15) is 27.2 Å². The highest BCUT2D eigenvalue weighted by atomic mass is 19.3. The van der Waals surface area contributed by atoms with Crippen molar-refractivity contribution in [3.8, 4) is 0 Å². The number of benzene rings is 2. The number of carbonyl (C=O) groups excluding carboxylic acids is 1. The largest absolute Gasteiger partial charge is 0.324 e. The molecule has 0 saturated carbocycles. The number of aromatic nitrogens is 1. The van der Waals surface area contributed by atoms with Crippen LogP contribution >= 0.6 is 0 Å². The monoisotopic (exact) mass is 458 g/mol. The van der Waals surface area contributed by atoms with Crippen LogP contribution in [-0.2, 0) is 13.0 Å². The zero-order valence-corrected chi connectivity index (χ0v) is 17.2. The Kier molecular flexibility index (Phi) is 5.16. The Balaban J connectivity index is 1.79. The van der Waals surface area contributed by atoms with Gasteiger partial charge in [0.25, 0.3) is 12.3 Å². The van der Waals surface area contributed by atoms with Gasteiger partial charge >= 0.3 is 0 Å². The van der Waals surface area contributed by atoms with Crippen molar-refractivity contribution in [1.82, 2.24) is 10.3 Å². The summed E-state index contributed by atoms with van der Waals surface area (Å²) >= 11 is 0. The number of hydrogen-bond acceptors (Lipinski definition) is 4. The summed E-state index contributed by atoms with van der Waals surface area (Å²) in [5.41, 5.74) is 0.907. The predicted molar refractivity (Wildman–Crippen MR) is 114 cm³/mol. The number of carbonyl (C=O) groups is 1. The topological polar surface area (TPSA) is 68.4 Å². The summed E-state index contributed by atoms with van der Waals surface area (Å²) in [5, 5.41) is 3.11. The standard InChI is InChI=1S/C23H18F4N4O2/c24-15-8-13-20(9-16(15)25)30-11-31(23(13)33)19-4-5-21(32)29-17(19)6-7-28-10-14-12(22(26)27)2-1-3-18(14)30/h1-5,8-9,22,28H,6-7,10-11H2,(H,29,32). The highest BCUT2D eigenvalue weighted by molar-refractivity contribution is 6.12. The first-order chi connectivity index (χ1) is 15.8. The lowest BCUT2D eigenvalue weighted by molar-refractivity contribution is 0.0982. The van der Waals surface area contributed by atoms with E-state index in [1.54, 1.807) is 6.07 Å². The number of rotatable bonds is 1. The van der Waals surface area contributed by atoms with Crippen LogP contribution in [0.2, 0.25) is 0 Å². The van der Waals surface area contributed by atoms with Gasteiger partial charge in [-0.1, -0.05) is 12.1 Å². The lowest BCUT2D eigenvalue weighted by Crippen LogP contribution is -2.46. The first-order valence-corrected chi connectivity index (χ1v) is 10.3. The van der Waals surface area contributed by atoms with Crippen molar-refractivity contribution in [3.05, 3.63) is 86.8 Å². The van der Waals surface area contributed by atoms with Crippen molar-refractivity contribution in [3.63, 3.8) is 0 Å². The van der Waals surface area contributed by atoms with Gasteiger partial charge in [-0.15, -0.1) is 0 Å². The van der Waals surface area contributed by atoms with E-state index in [-0.39, 0.29) is 41.2 Å². The number of anilines is 3. The quantitative estimate of drug-likeness (QED) is 0.541. The van der Waals surface area contributed by atoms with E-state index >= 15 is 0 Å². The van der Waals surface area contributed by atoms with E-state index in [1.807, 2.05) is 0 Å². The van der Waals surface area contributed by atoms with E-state index < -0.39 is 24.0 Å². The zero-order valence-electron chi connectivity index (χ0n) is 17.2. The van der Waals surface area contributed by atoms with Crippen molar-refractivity contribution in [2.24, 2.45) is 0 Å². The smallest absolute Gasteiger partial charge is 0.264 e. The Morgan fingerprint density at radius 2 is 1.70 bits per heavy atom. The number of nitrogens with one attached hydrogen (secondary N) is 2. The first-order valence-electron chi connectivity index (χ1n) is 10.3. The molecular weight excluding hydrogens is 440 g/mol. The third-order valence-electron chi connectivity index (χ3n) is 5.92. The van der Waals surface area contributed by atoms with Gasteiger partial charge in [-0.05, 0) is 23.8 Å². The van der Waals surface area contributed by atoms with E-state index in [0.717, 1.165) is 12.1 Å². The van der Waals surface area contributed by atoms with Crippen LogP contribution in [0.25, 0.3) is 0 Å². The van der Waals surface area contributed by atoms with Gasteiger partial charge in [0, 0.05) is 48.6 Å². The molecule has 2 N–H and O–H groups in total. The highest BCUT2D eigenvalue weighted by Crippen LogP contribution is 2.41. The van der Waals surface area contributed by atoms with Crippen molar-refractivity contribution in [2.45, 2.75) is 19.4 Å². The molecule has 1 aromatic heterocycles. The van der Waals surface area contributed by atoms with E-state index in [1.165, 1.54) is 34.1 Å². The minimum absolute atomic E-state index is 0.0751. The van der Waals surface area contributed by atoms with Crippen LogP contribution in [0.1, 0.15) is 33.6 Å². The molecule has 6 nitrogen and oxygen atoms in total. The number of aromatic amines is 1. The maximum absolute atomic E-state index is 14.2. The number of nitrogens with zero attached hydrogens (tertiary/aromatic N) is 2.